The lowest BCUT2D eigenvalue weighted by Crippen LogP contribution is -2.18. The standard InChI is InChI=1S/C20H40O2.C7H8.C6H6O.2CH4/c1-16(10-9-13-19(3,4)5)12-15-22-18(21)17(2)11-14-20(6,7)8;1-7-5-3-2-4-6-7;7-6-4-2-1-3-5-6;;/h16-17H,9-15H2,1-8H3;2-6H,1H3;1-5,7H;2*1H4. The van der Waals surface area contributed by atoms with Gasteiger partial charge in [0.05, 0.1) is 12.5 Å². The topological polar surface area (TPSA) is 46.5 Å². The largest absolute Gasteiger partial charge is 0.508 e. The van der Waals surface area contributed by atoms with Gasteiger partial charge in [-0.2, -0.15) is 0 Å². The van der Waals surface area contributed by atoms with E-state index in [1.807, 2.05) is 31.2 Å². The Morgan fingerprint density at radius 3 is 1.61 bits per heavy atom. The number of phenolic OH excluding ortho intramolecular Hbond substituents is 1. The number of ether oxygens (including phenoxy) is 1. The van der Waals surface area contributed by atoms with Crippen LogP contribution in [0.2, 0.25) is 0 Å². The van der Waals surface area contributed by atoms with Crippen molar-refractivity contribution in [2.45, 2.75) is 116 Å². The molecular formula is C35H62O3. The van der Waals surface area contributed by atoms with E-state index in [-0.39, 0.29) is 32.2 Å². The van der Waals surface area contributed by atoms with Crippen molar-refractivity contribution in [1.29, 1.82) is 0 Å². The highest BCUT2D eigenvalue weighted by atomic mass is 16.5. The van der Waals surface area contributed by atoms with Crippen LogP contribution in [-0.2, 0) is 9.53 Å². The number of rotatable bonds is 9. The van der Waals surface area contributed by atoms with Crippen LogP contribution in [0.4, 0.5) is 0 Å². The van der Waals surface area contributed by atoms with Gasteiger partial charge in [0, 0.05) is 0 Å². The zero-order chi connectivity index (χ0) is 27.6. The summed E-state index contributed by atoms with van der Waals surface area (Å²) < 4.78 is 5.45. The SMILES string of the molecule is C.C.CC(CCCC(C)(C)C)CCOC(=O)C(C)CCC(C)(C)C.Cc1ccccc1.Oc1ccccc1. The predicted molar refractivity (Wildman–Crippen MR) is 169 cm³/mol. The summed E-state index contributed by atoms with van der Waals surface area (Å²) in [4.78, 5) is 12.0. The first-order chi connectivity index (χ1) is 16.7. The Balaban J connectivity index is -0.000000617. The van der Waals surface area contributed by atoms with Crippen molar-refractivity contribution < 1.29 is 14.6 Å². The van der Waals surface area contributed by atoms with Gasteiger partial charge >= 0.3 is 5.97 Å². The Kier molecular flexibility index (Phi) is 22.9. The monoisotopic (exact) mass is 530 g/mol. The molecule has 38 heavy (non-hydrogen) atoms. The van der Waals surface area contributed by atoms with Crippen LogP contribution in [0.3, 0.4) is 0 Å². The molecule has 0 saturated heterocycles. The molecule has 0 fully saturated rings. The fourth-order valence-corrected chi connectivity index (χ4v) is 3.36. The minimum absolute atomic E-state index is 0. The van der Waals surface area contributed by atoms with Crippen molar-refractivity contribution in [2.24, 2.45) is 22.7 Å². The van der Waals surface area contributed by atoms with E-state index in [1.165, 1.54) is 24.8 Å². The van der Waals surface area contributed by atoms with Crippen LogP contribution in [0.15, 0.2) is 60.7 Å². The number of esters is 1. The Labute approximate surface area is 237 Å². The molecule has 0 aromatic heterocycles. The molecule has 0 saturated carbocycles. The van der Waals surface area contributed by atoms with Gasteiger partial charge in [0.2, 0.25) is 0 Å². The molecular weight excluding hydrogens is 468 g/mol. The highest BCUT2D eigenvalue weighted by molar-refractivity contribution is 5.71. The molecule has 0 radical (unpaired) electrons. The molecule has 2 atom stereocenters. The maximum atomic E-state index is 12.0. The van der Waals surface area contributed by atoms with Crippen molar-refractivity contribution in [3.8, 4) is 5.75 Å². The molecule has 0 aliphatic rings. The van der Waals surface area contributed by atoms with Crippen LogP contribution in [0.25, 0.3) is 0 Å². The van der Waals surface area contributed by atoms with Gasteiger partial charge in [-0.3, -0.25) is 4.79 Å². The molecule has 0 amide bonds. The zero-order valence-corrected chi connectivity index (χ0v) is 24.6. The Morgan fingerprint density at radius 1 is 0.763 bits per heavy atom. The minimum atomic E-state index is -0.0221. The van der Waals surface area contributed by atoms with E-state index in [4.69, 9.17) is 9.84 Å². The van der Waals surface area contributed by atoms with Crippen LogP contribution in [0.5, 0.6) is 5.75 Å². The summed E-state index contributed by atoms with van der Waals surface area (Å²) in [5, 5.41) is 8.63. The van der Waals surface area contributed by atoms with E-state index < -0.39 is 0 Å². The van der Waals surface area contributed by atoms with Crippen LogP contribution < -0.4 is 0 Å². The Morgan fingerprint density at radius 2 is 1.24 bits per heavy atom. The summed E-state index contributed by atoms with van der Waals surface area (Å²) in [6.07, 6.45) is 6.73. The number of hydrogen-bond donors (Lipinski definition) is 1. The molecule has 3 heteroatoms. The summed E-state index contributed by atoms with van der Waals surface area (Å²) in [6.45, 7) is 20.4. The van der Waals surface area contributed by atoms with Crippen molar-refractivity contribution in [2.75, 3.05) is 6.61 Å². The van der Waals surface area contributed by atoms with Gasteiger partial charge in [-0.05, 0) is 61.5 Å². The summed E-state index contributed by atoms with van der Waals surface area (Å²) in [5.74, 6) is 0.962. The van der Waals surface area contributed by atoms with E-state index in [0.29, 0.717) is 23.7 Å². The number of hydrogen-bond acceptors (Lipinski definition) is 3. The predicted octanol–water partition coefficient (Wildman–Crippen LogP) is 10.9. The quantitative estimate of drug-likeness (QED) is 0.328. The molecule has 0 bridgehead atoms. The van der Waals surface area contributed by atoms with Gasteiger partial charge in [-0.15, -0.1) is 0 Å². The molecule has 0 heterocycles. The van der Waals surface area contributed by atoms with E-state index in [0.717, 1.165) is 19.3 Å². The molecule has 2 aromatic rings. The lowest BCUT2D eigenvalue weighted by atomic mass is 9.87. The number of aryl methyl sites for hydroxylation is 1. The number of para-hydroxylation sites is 1. The first kappa shape index (κ1) is 40.2. The molecule has 2 rings (SSSR count). The number of carbonyl (C=O) groups excluding carboxylic acids is 1. The molecule has 0 spiro atoms. The van der Waals surface area contributed by atoms with Crippen LogP contribution in [0, 0.1) is 29.6 Å². The van der Waals surface area contributed by atoms with Gasteiger partial charge in [-0.25, -0.2) is 0 Å². The molecule has 220 valence electrons. The average Bonchev–Trinajstić information content (AvgIpc) is 2.78. The van der Waals surface area contributed by atoms with Crippen LogP contribution in [0.1, 0.15) is 114 Å². The second kappa shape index (κ2) is 21.6. The summed E-state index contributed by atoms with van der Waals surface area (Å²) >= 11 is 0. The number of aromatic hydroxyl groups is 1. The van der Waals surface area contributed by atoms with Crippen molar-refractivity contribution in [3.05, 3.63) is 66.2 Å². The maximum Gasteiger partial charge on any atom is 0.308 e. The molecule has 3 nitrogen and oxygen atoms in total. The Hall–Kier alpha value is -2.29. The molecule has 0 aliphatic carbocycles. The van der Waals surface area contributed by atoms with E-state index >= 15 is 0 Å². The van der Waals surface area contributed by atoms with E-state index in [9.17, 15) is 4.79 Å². The van der Waals surface area contributed by atoms with Crippen LogP contribution in [-0.4, -0.2) is 17.7 Å². The highest BCUT2D eigenvalue weighted by Gasteiger charge is 2.19. The highest BCUT2D eigenvalue weighted by Crippen LogP contribution is 2.25. The molecule has 0 aliphatic heterocycles. The summed E-state index contributed by atoms with van der Waals surface area (Å²) in [5.41, 5.74) is 2.03. The van der Waals surface area contributed by atoms with Gasteiger partial charge in [0.25, 0.3) is 0 Å². The number of benzene rings is 2. The third-order valence-electron chi connectivity index (χ3n) is 5.91. The van der Waals surface area contributed by atoms with Crippen molar-refractivity contribution >= 4 is 5.97 Å². The number of carbonyl (C=O) groups is 1. The van der Waals surface area contributed by atoms with E-state index in [2.05, 4.69) is 67.5 Å². The van der Waals surface area contributed by atoms with Crippen LogP contribution >= 0.6 is 0 Å². The third-order valence-corrected chi connectivity index (χ3v) is 5.91. The lowest BCUT2D eigenvalue weighted by Gasteiger charge is -2.21. The first-order valence-electron chi connectivity index (χ1n) is 13.6. The maximum absolute atomic E-state index is 12.0. The lowest BCUT2D eigenvalue weighted by molar-refractivity contribution is -0.148. The third kappa shape index (κ3) is 26.8. The second-order valence-electron chi connectivity index (χ2n) is 12.5. The second-order valence-corrected chi connectivity index (χ2v) is 12.5. The average molecular weight is 531 g/mol. The molecule has 1 N–H and O–H groups in total. The summed E-state index contributed by atoms with van der Waals surface area (Å²) in [6, 6.07) is 19.0. The zero-order valence-electron chi connectivity index (χ0n) is 24.6. The Bertz CT molecular complexity index is 748. The van der Waals surface area contributed by atoms with Gasteiger partial charge < -0.3 is 9.84 Å². The summed E-state index contributed by atoms with van der Waals surface area (Å²) in [7, 11) is 0. The first-order valence-corrected chi connectivity index (χ1v) is 13.6. The fraction of sp³-hybridized carbons (Fsp3) is 0.629. The molecule has 2 unspecified atom stereocenters. The van der Waals surface area contributed by atoms with E-state index in [1.54, 1.807) is 24.3 Å². The minimum Gasteiger partial charge on any atom is -0.508 e. The molecule has 2 aromatic carbocycles. The number of phenols is 1. The van der Waals surface area contributed by atoms with Gasteiger partial charge in [0.15, 0.2) is 0 Å². The van der Waals surface area contributed by atoms with Crippen molar-refractivity contribution in [3.63, 3.8) is 0 Å². The smallest absolute Gasteiger partial charge is 0.308 e. The van der Waals surface area contributed by atoms with Gasteiger partial charge in [-0.1, -0.05) is 137 Å². The van der Waals surface area contributed by atoms with Crippen molar-refractivity contribution in [1.82, 2.24) is 0 Å². The normalized spacial score (nSPS) is 12.1. The fourth-order valence-electron chi connectivity index (χ4n) is 3.36. The van der Waals surface area contributed by atoms with Gasteiger partial charge in [0.1, 0.15) is 5.75 Å².